The molecule has 2 rings (SSSR count). The van der Waals surface area contributed by atoms with Crippen molar-refractivity contribution in [3.63, 3.8) is 0 Å². The van der Waals surface area contributed by atoms with Crippen LogP contribution >= 0.6 is 0 Å². The maximum atomic E-state index is 12.0. The molecule has 0 radical (unpaired) electrons. The lowest BCUT2D eigenvalue weighted by molar-refractivity contribution is 0.0947. The molecule has 98 valence electrons. The number of hydrogen-bond donors (Lipinski definition) is 1. The molecule has 2 aromatic rings. The Hall–Kier alpha value is -2.35. The minimum Gasteiger partial charge on any atom is -0.338 e. The number of imidazole rings is 1. The first kappa shape index (κ1) is 13.1. The van der Waals surface area contributed by atoms with Crippen LogP contribution in [0.2, 0.25) is 0 Å². The second kappa shape index (κ2) is 4.73. The van der Waals surface area contributed by atoms with Crippen molar-refractivity contribution >= 4 is 11.4 Å². The largest absolute Gasteiger partial charge is 0.338 e. The summed E-state index contributed by atoms with van der Waals surface area (Å²) in [6.07, 6.45) is 10.2. The van der Waals surface area contributed by atoms with Gasteiger partial charge in [0.15, 0.2) is 0 Å². The fourth-order valence-electron chi connectivity index (χ4n) is 1.86. The number of terminal acetylenes is 1. The van der Waals surface area contributed by atoms with Crippen LogP contribution in [0.25, 0.3) is 5.52 Å². The van der Waals surface area contributed by atoms with Crippen molar-refractivity contribution in [3.8, 4) is 12.3 Å². The van der Waals surface area contributed by atoms with Crippen LogP contribution in [0.15, 0.2) is 18.6 Å². The van der Waals surface area contributed by atoms with E-state index in [2.05, 4.69) is 21.2 Å². The van der Waals surface area contributed by atoms with Gasteiger partial charge in [-0.05, 0) is 0 Å². The van der Waals surface area contributed by atoms with Crippen LogP contribution in [0.3, 0.4) is 0 Å². The molecule has 0 saturated heterocycles. The molecule has 1 N–H and O–H groups in total. The molecule has 0 atom stereocenters. The normalized spacial score (nSPS) is 11.3. The summed E-state index contributed by atoms with van der Waals surface area (Å²) in [5.41, 5.74) is 1.51. The number of carbonyl (C=O) groups is 1. The highest BCUT2D eigenvalue weighted by molar-refractivity contribution is 5.92. The number of fused-ring (bicyclic) bond motifs is 1. The van der Waals surface area contributed by atoms with Crippen LogP contribution in [0.5, 0.6) is 0 Å². The van der Waals surface area contributed by atoms with Gasteiger partial charge >= 0.3 is 0 Å². The van der Waals surface area contributed by atoms with Gasteiger partial charge in [-0.2, -0.15) is 0 Å². The van der Waals surface area contributed by atoms with E-state index < -0.39 is 0 Å². The first-order valence-corrected chi connectivity index (χ1v) is 5.99. The molecule has 0 saturated carbocycles. The van der Waals surface area contributed by atoms with E-state index in [4.69, 9.17) is 6.42 Å². The van der Waals surface area contributed by atoms with Crippen molar-refractivity contribution in [1.29, 1.82) is 0 Å². The zero-order chi connectivity index (χ0) is 14.0. The monoisotopic (exact) mass is 256 g/mol. The average molecular weight is 256 g/mol. The quantitative estimate of drug-likeness (QED) is 0.826. The van der Waals surface area contributed by atoms with Crippen molar-refractivity contribution in [3.05, 3.63) is 30.1 Å². The summed E-state index contributed by atoms with van der Waals surface area (Å²) >= 11 is 0. The third-order valence-electron chi connectivity index (χ3n) is 2.71. The van der Waals surface area contributed by atoms with Crippen LogP contribution < -0.4 is 5.32 Å². The molecule has 2 aromatic heterocycles. The molecule has 19 heavy (non-hydrogen) atoms. The predicted octanol–water partition coefficient (Wildman–Crippen LogP) is 1.39. The number of rotatable bonds is 2. The molecular weight excluding hydrogens is 240 g/mol. The van der Waals surface area contributed by atoms with Gasteiger partial charge in [0.1, 0.15) is 0 Å². The second-order valence-electron chi connectivity index (χ2n) is 5.25. The summed E-state index contributed by atoms with van der Waals surface area (Å²) in [6.45, 7) is 6.33. The Balaban J connectivity index is 2.57. The number of carbonyl (C=O) groups excluding carboxylic acids is 1. The highest BCUT2D eigenvalue weighted by Gasteiger charge is 2.24. The molecule has 0 fully saturated rings. The summed E-state index contributed by atoms with van der Waals surface area (Å²) in [6, 6.07) is 0. The molecule has 1 amide bonds. The summed E-state index contributed by atoms with van der Waals surface area (Å²) in [4.78, 5) is 20.6. The maximum Gasteiger partial charge on any atom is 0.288 e. The molecule has 0 aliphatic rings. The van der Waals surface area contributed by atoms with Crippen molar-refractivity contribution in [2.75, 3.05) is 6.54 Å². The number of hydrogen-bond acceptors (Lipinski definition) is 3. The zero-order valence-electron chi connectivity index (χ0n) is 11.3. The topological polar surface area (TPSA) is 59.3 Å². The smallest absolute Gasteiger partial charge is 0.288 e. The Bertz CT molecular complexity index is 658. The Kier molecular flexibility index (Phi) is 3.26. The predicted molar refractivity (Wildman–Crippen MR) is 72.9 cm³/mol. The number of aromatic nitrogens is 3. The fraction of sp³-hybridized carbons (Fsp3) is 0.357. The number of nitrogens with zero attached hydrogens (tertiary/aromatic N) is 3. The Morgan fingerprint density at radius 3 is 2.89 bits per heavy atom. The first-order chi connectivity index (χ1) is 8.95. The van der Waals surface area contributed by atoms with Crippen LogP contribution in [0.1, 0.15) is 37.1 Å². The minimum absolute atomic E-state index is 0.168. The van der Waals surface area contributed by atoms with Gasteiger partial charge in [-0.25, -0.2) is 4.98 Å². The molecule has 5 heteroatoms. The van der Waals surface area contributed by atoms with Gasteiger partial charge in [0.2, 0.25) is 5.82 Å². The van der Waals surface area contributed by atoms with E-state index >= 15 is 0 Å². The van der Waals surface area contributed by atoms with E-state index in [-0.39, 0.29) is 17.9 Å². The van der Waals surface area contributed by atoms with E-state index in [1.54, 1.807) is 23.0 Å². The Morgan fingerprint density at radius 2 is 2.26 bits per heavy atom. The van der Waals surface area contributed by atoms with Gasteiger partial charge in [-0.3, -0.25) is 14.2 Å². The highest BCUT2D eigenvalue weighted by Crippen LogP contribution is 2.26. The lowest BCUT2D eigenvalue weighted by atomic mass is 9.92. The summed E-state index contributed by atoms with van der Waals surface area (Å²) in [5.74, 6) is 2.42. The third kappa shape index (κ3) is 2.43. The summed E-state index contributed by atoms with van der Waals surface area (Å²) in [5, 5.41) is 2.63. The fourth-order valence-corrected chi connectivity index (χ4v) is 1.86. The molecular formula is C14H16N4O. The van der Waals surface area contributed by atoms with Crippen molar-refractivity contribution < 1.29 is 4.79 Å². The summed E-state index contributed by atoms with van der Waals surface area (Å²) < 4.78 is 1.74. The number of nitrogens with one attached hydrogen (secondary N) is 1. The molecule has 0 aromatic carbocycles. The van der Waals surface area contributed by atoms with Gasteiger partial charge < -0.3 is 5.32 Å². The summed E-state index contributed by atoms with van der Waals surface area (Å²) in [7, 11) is 0. The lowest BCUT2D eigenvalue weighted by Crippen LogP contribution is -2.25. The van der Waals surface area contributed by atoms with Gasteiger partial charge in [0.05, 0.1) is 24.0 Å². The first-order valence-electron chi connectivity index (χ1n) is 5.99. The van der Waals surface area contributed by atoms with Crippen LogP contribution in [0, 0.1) is 12.3 Å². The van der Waals surface area contributed by atoms with E-state index in [1.165, 1.54) is 0 Å². The lowest BCUT2D eigenvalue weighted by Gasteiger charge is -2.15. The van der Waals surface area contributed by atoms with Crippen molar-refractivity contribution in [1.82, 2.24) is 19.7 Å². The Labute approximate surface area is 112 Å². The van der Waals surface area contributed by atoms with Crippen molar-refractivity contribution in [2.45, 2.75) is 26.2 Å². The van der Waals surface area contributed by atoms with E-state index in [0.717, 1.165) is 11.2 Å². The molecule has 5 nitrogen and oxygen atoms in total. The van der Waals surface area contributed by atoms with Crippen LogP contribution in [0.4, 0.5) is 0 Å². The average Bonchev–Trinajstić information content (AvgIpc) is 2.75. The molecule has 0 unspecified atom stereocenters. The van der Waals surface area contributed by atoms with E-state index in [1.807, 2.05) is 20.8 Å². The number of amides is 1. The molecule has 2 heterocycles. The molecule has 0 bridgehead atoms. The standard InChI is InChI=1S/C14H16N4O/c1-5-6-16-13(19)12-17-11(14(2,3)4)10-9-15-7-8-18(10)12/h1,7-9H,6H2,2-4H3,(H,16,19). The van der Waals surface area contributed by atoms with E-state index in [0.29, 0.717) is 5.82 Å². The van der Waals surface area contributed by atoms with Crippen LogP contribution in [-0.2, 0) is 5.41 Å². The third-order valence-corrected chi connectivity index (χ3v) is 2.71. The maximum absolute atomic E-state index is 12.0. The van der Waals surface area contributed by atoms with Gasteiger partial charge in [0.25, 0.3) is 5.91 Å². The molecule has 0 aliphatic carbocycles. The minimum atomic E-state index is -0.283. The van der Waals surface area contributed by atoms with Gasteiger partial charge in [0, 0.05) is 17.8 Å². The highest BCUT2D eigenvalue weighted by atomic mass is 16.2. The van der Waals surface area contributed by atoms with Gasteiger partial charge in [-0.1, -0.05) is 26.7 Å². The molecule has 0 spiro atoms. The molecule has 0 aliphatic heterocycles. The second-order valence-corrected chi connectivity index (χ2v) is 5.25. The Morgan fingerprint density at radius 1 is 1.53 bits per heavy atom. The van der Waals surface area contributed by atoms with Crippen molar-refractivity contribution in [2.24, 2.45) is 0 Å². The zero-order valence-corrected chi connectivity index (χ0v) is 11.3. The SMILES string of the molecule is C#CCNC(=O)c1nc(C(C)(C)C)c2cnccn12. The van der Waals surface area contributed by atoms with E-state index in [9.17, 15) is 4.79 Å². The van der Waals surface area contributed by atoms with Crippen LogP contribution in [-0.4, -0.2) is 26.8 Å². The van der Waals surface area contributed by atoms with Gasteiger partial charge in [-0.15, -0.1) is 6.42 Å².